The normalized spacial score (nSPS) is 16.5. The second-order valence-electron chi connectivity index (χ2n) is 8.46. The van der Waals surface area contributed by atoms with Crippen LogP contribution in [-0.4, -0.2) is 36.2 Å². The highest BCUT2D eigenvalue weighted by Crippen LogP contribution is 2.42. The molecule has 0 saturated carbocycles. The second kappa shape index (κ2) is 8.48. The molecule has 0 unspecified atom stereocenters. The summed E-state index contributed by atoms with van der Waals surface area (Å²) in [6.45, 7) is 1.91. The van der Waals surface area contributed by atoms with Crippen molar-refractivity contribution in [3.8, 4) is 11.1 Å². The predicted octanol–water partition coefficient (Wildman–Crippen LogP) is 4.47. The summed E-state index contributed by atoms with van der Waals surface area (Å²) in [5, 5.41) is 3.25. The van der Waals surface area contributed by atoms with Crippen molar-refractivity contribution < 1.29 is 9.59 Å². The van der Waals surface area contributed by atoms with Gasteiger partial charge in [-0.3, -0.25) is 14.5 Å². The number of rotatable bonds is 5. The van der Waals surface area contributed by atoms with Crippen molar-refractivity contribution in [3.05, 3.63) is 95.6 Å². The Hall–Kier alpha value is -3.24. The van der Waals surface area contributed by atoms with Crippen LogP contribution >= 0.6 is 0 Å². The van der Waals surface area contributed by atoms with E-state index in [9.17, 15) is 9.59 Å². The fourth-order valence-electron chi connectivity index (χ4n) is 4.91. The van der Waals surface area contributed by atoms with E-state index >= 15 is 0 Å². The van der Waals surface area contributed by atoms with Crippen molar-refractivity contribution in [2.75, 3.05) is 19.6 Å². The van der Waals surface area contributed by atoms with Crippen LogP contribution in [-0.2, 0) is 4.79 Å². The fourth-order valence-corrected chi connectivity index (χ4v) is 4.91. The van der Waals surface area contributed by atoms with Gasteiger partial charge in [0.05, 0.1) is 12.6 Å². The number of piperidine rings is 1. The summed E-state index contributed by atoms with van der Waals surface area (Å²) in [6, 6.07) is 26.0. The molecule has 1 fully saturated rings. The summed E-state index contributed by atoms with van der Waals surface area (Å²) in [5.74, 6) is 0.309. The first-order valence-corrected chi connectivity index (χ1v) is 11.0. The zero-order valence-electron chi connectivity index (χ0n) is 17.5. The van der Waals surface area contributed by atoms with Crippen LogP contribution < -0.4 is 5.32 Å². The molecular weight excluding hydrogens is 384 g/mol. The zero-order chi connectivity index (χ0) is 21.2. The number of ketones is 1. The Morgan fingerprint density at radius 2 is 1.32 bits per heavy atom. The minimum absolute atomic E-state index is 0.0318. The van der Waals surface area contributed by atoms with Crippen LogP contribution in [0.5, 0.6) is 0 Å². The number of amides is 1. The Morgan fingerprint density at radius 1 is 0.774 bits per heavy atom. The minimum atomic E-state index is -0.0999. The summed E-state index contributed by atoms with van der Waals surface area (Å²) in [6.07, 6.45) is 1.60. The van der Waals surface area contributed by atoms with Gasteiger partial charge in [-0.05, 0) is 48.2 Å². The molecule has 0 aromatic heterocycles. The molecule has 0 spiro atoms. The van der Waals surface area contributed by atoms with Gasteiger partial charge in [0.1, 0.15) is 0 Å². The van der Waals surface area contributed by atoms with E-state index in [0.717, 1.165) is 42.6 Å². The smallest absolute Gasteiger partial charge is 0.234 e. The number of nitrogens with zero attached hydrogens (tertiary/aromatic N) is 1. The third kappa shape index (κ3) is 3.91. The molecule has 0 radical (unpaired) electrons. The first-order chi connectivity index (χ1) is 15.2. The Bertz CT molecular complexity index is 1060. The standard InChI is InChI=1S/C27H26N2O2/c30-25(18-29-16-14-20(15-17-29)27(31)19-8-2-1-3-9-19)28-26-23-12-6-4-10-21(23)22-11-5-7-13-24(22)26/h1-13,20,26H,14-18H2,(H,28,30). The number of hydrogen-bond acceptors (Lipinski definition) is 3. The van der Waals surface area contributed by atoms with E-state index in [1.807, 2.05) is 54.6 Å². The van der Waals surface area contributed by atoms with E-state index in [4.69, 9.17) is 0 Å². The van der Waals surface area contributed by atoms with Crippen molar-refractivity contribution in [2.45, 2.75) is 18.9 Å². The van der Waals surface area contributed by atoms with Gasteiger partial charge >= 0.3 is 0 Å². The van der Waals surface area contributed by atoms with Gasteiger partial charge < -0.3 is 5.32 Å². The van der Waals surface area contributed by atoms with Crippen LogP contribution in [0, 0.1) is 5.92 Å². The predicted molar refractivity (Wildman–Crippen MR) is 122 cm³/mol. The third-order valence-corrected chi connectivity index (χ3v) is 6.52. The molecule has 0 bridgehead atoms. The highest BCUT2D eigenvalue weighted by molar-refractivity contribution is 5.97. The minimum Gasteiger partial charge on any atom is -0.344 e. The van der Waals surface area contributed by atoms with Crippen molar-refractivity contribution in [3.63, 3.8) is 0 Å². The second-order valence-corrected chi connectivity index (χ2v) is 8.46. The van der Waals surface area contributed by atoms with Crippen LogP contribution in [0.3, 0.4) is 0 Å². The molecule has 2 aliphatic rings. The molecule has 4 heteroatoms. The van der Waals surface area contributed by atoms with Gasteiger partial charge in [0, 0.05) is 11.5 Å². The summed E-state index contributed by atoms with van der Waals surface area (Å²) >= 11 is 0. The lowest BCUT2D eigenvalue weighted by Gasteiger charge is -2.31. The number of benzene rings is 3. The first-order valence-electron chi connectivity index (χ1n) is 11.0. The van der Waals surface area contributed by atoms with Crippen LogP contribution in [0.1, 0.15) is 40.4 Å². The maximum Gasteiger partial charge on any atom is 0.234 e. The highest BCUT2D eigenvalue weighted by Gasteiger charge is 2.31. The van der Waals surface area contributed by atoms with Crippen molar-refractivity contribution in [1.29, 1.82) is 0 Å². The van der Waals surface area contributed by atoms with Gasteiger partial charge in [-0.25, -0.2) is 0 Å². The molecule has 1 saturated heterocycles. The molecule has 1 aliphatic carbocycles. The molecule has 31 heavy (non-hydrogen) atoms. The van der Waals surface area contributed by atoms with Crippen molar-refractivity contribution in [2.24, 2.45) is 5.92 Å². The number of fused-ring (bicyclic) bond motifs is 3. The lowest BCUT2D eigenvalue weighted by molar-refractivity contribution is -0.123. The molecule has 3 aromatic rings. The number of carbonyl (C=O) groups is 2. The molecule has 1 aliphatic heterocycles. The lowest BCUT2D eigenvalue weighted by Crippen LogP contribution is -2.43. The molecule has 3 aromatic carbocycles. The maximum absolute atomic E-state index is 12.9. The van der Waals surface area contributed by atoms with Gasteiger partial charge in [0.15, 0.2) is 5.78 Å². The van der Waals surface area contributed by atoms with Gasteiger partial charge in [-0.2, -0.15) is 0 Å². The molecule has 0 atom stereocenters. The molecule has 1 N–H and O–H groups in total. The van der Waals surface area contributed by atoms with Crippen LogP contribution in [0.4, 0.5) is 0 Å². The Balaban J connectivity index is 1.20. The lowest BCUT2D eigenvalue weighted by atomic mass is 9.89. The molecule has 4 nitrogen and oxygen atoms in total. The Morgan fingerprint density at radius 3 is 1.94 bits per heavy atom. The van der Waals surface area contributed by atoms with E-state index < -0.39 is 0 Å². The fraction of sp³-hybridized carbons (Fsp3) is 0.259. The van der Waals surface area contributed by atoms with Crippen LogP contribution in [0.2, 0.25) is 0 Å². The zero-order valence-corrected chi connectivity index (χ0v) is 17.5. The molecule has 1 heterocycles. The van der Waals surface area contributed by atoms with Gasteiger partial charge in [0.25, 0.3) is 0 Å². The summed E-state index contributed by atoms with van der Waals surface area (Å²) in [5.41, 5.74) is 5.50. The van der Waals surface area contributed by atoms with Gasteiger partial charge in [-0.15, -0.1) is 0 Å². The largest absolute Gasteiger partial charge is 0.344 e. The van der Waals surface area contributed by atoms with Gasteiger partial charge in [0.2, 0.25) is 5.91 Å². The van der Waals surface area contributed by atoms with E-state index in [-0.39, 0.29) is 23.7 Å². The molecule has 156 valence electrons. The van der Waals surface area contributed by atoms with Crippen molar-refractivity contribution >= 4 is 11.7 Å². The number of likely N-dealkylation sites (tertiary alicyclic amines) is 1. The molecule has 5 rings (SSSR count). The Kier molecular flexibility index (Phi) is 5.39. The average Bonchev–Trinajstić information content (AvgIpc) is 3.13. The van der Waals surface area contributed by atoms with E-state index in [2.05, 4.69) is 34.5 Å². The van der Waals surface area contributed by atoms with Gasteiger partial charge in [-0.1, -0.05) is 78.9 Å². The quantitative estimate of drug-likeness (QED) is 0.632. The van der Waals surface area contributed by atoms with Crippen LogP contribution in [0.15, 0.2) is 78.9 Å². The van der Waals surface area contributed by atoms with Crippen molar-refractivity contribution in [1.82, 2.24) is 10.2 Å². The first kappa shape index (κ1) is 19.7. The molecular formula is C27H26N2O2. The van der Waals surface area contributed by atoms with Crippen LogP contribution in [0.25, 0.3) is 11.1 Å². The van der Waals surface area contributed by atoms with E-state index in [1.165, 1.54) is 11.1 Å². The number of carbonyl (C=O) groups excluding carboxylic acids is 2. The SMILES string of the molecule is O=C(CN1CCC(C(=O)c2ccccc2)CC1)NC1c2ccccc2-c2ccccc21. The summed E-state index contributed by atoms with van der Waals surface area (Å²) < 4.78 is 0. The number of Topliss-reactive ketones (excluding diaryl/α,β-unsaturated/α-hetero) is 1. The third-order valence-electron chi connectivity index (χ3n) is 6.52. The topological polar surface area (TPSA) is 49.4 Å². The maximum atomic E-state index is 12.9. The molecule has 1 amide bonds. The van der Waals surface area contributed by atoms with E-state index in [0.29, 0.717) is 6.54 Å². The highest BCUT2D eigenvalue weighted by atomic mass is 16.2. The number of nitrogens with one attached hydrogen (secondary N) is 1. The average molecular weight is 411 g/mol. The monoisotopic (exact) mass is 410 g/mol. The van der Waals surface area contributed by atoms with E-state index in [1.54, 1.807) is 0 Å². The Labute approximate surface area is 182 Å². The summed E-state index contributed by atoms with van der Waals surface area (Å²) in [7, 11) is 0. The summed E-state index contributed by atoms with van der Waals surface area (Å²) in [4.78, 5) is 27.8. The number of hydrogen-bond donors (Lipinski definition) is 1.